The molecule has 3 rings (SSSR count). The highest BCUT2D eigenvalue weighted by atomic mass is 16.5. The molecule has 1 N–H and O–H groups in total. The van der Waals surface area contributed by atoms with Crippen molar-refractivity contribution in [3.05, 3.63) is 46.8 Å². The van der Waals surface area contributed by atoms with Crippen LogP contribution in [0.2, 0.25) is 0 Å². The molecule has 1 atom stereocenters. The zero-order valence-corrected chi connectivity index (χ0v) is 11.3. The molecule has 0 saturated heterocycles. The summed E-state index contributed by atoms with van der Waals surface area (Å²) in [5.41, 5.74) is 3.90. The molecule has 0 radical (unpaired) electrons. The van der Waals surface area contributed by atoms with Gasteiger partial charge in [0.05, 0.1) is 18.0 Å². The topological polar surface area (TPSA) is 47.3 Å². The van der Waals surface area contributed by atoms with Gasteiger partial charge in [0.15, 0.2) is 0 Å². The maximum absolute atomic E-state index is 10.5. The maximum Gasteiger partial charge on any atom is 0.122 e. The lowest BCUT2D eigenvalue weighted by Crippen LogP contribution is -2.06. The number of hydrogen-bond acceptors (Lipinski definition) is 3. The fraction of sp³-hybridized carbons (Fsp3) is 0.400. The molecular weight excluding hydrogens is 240 g/mol. The largest absolute Gasteiger partial charge is 0.493 e. The number of benzene rings is 1. The van der Waals surface area contributed by atoms with Crippen LogP contribution in [0.25, 0.3) is 0 Å². The van der Waals surface area contributed by atoms with Crippen LogP contribution in [-0.2, 0) is 19.9 Å². The van der Waals surface area contributed by atoms with E-state index in [0.717, 1.165) is 42.1 Å². The lowest BCUT2D eigenvalue weighted by molar-refractivity contribution is 0.209. The number of fused-ring (bicyclic) bond motifs is 1. The second kappa shape index (κ2) is 4.70. The van der Waals surface area contributed by atoms with E-state index >= 15 is 0 Å². The standard InChI is InChI=1S/C15H18N2O2/c1-3-12-9-13(17(2)16-12)15(18)11-4-5-14-10(8-11)6-7-19-14/h4-5,8-9,15,18H,3,6-7H2,1-2H3. The molecule has 0 amide bonds. The van der Waals surface area contributed by atoms with Crippen molar-refractivity contribution in [3.8, 4) is 5.75 Å². The minimum atomic E-state index is -0.635. The van der Waals surface area contributed by atoms with Crippen molar-refractivity contribution >= 4 is 0 Å². The molecule has 0 spiro atoms. The second-order valence-electron chi connectivity index (χ2n) is 4.91. The van der Waals surface area contributed by atoms with Gasteiger partial charge in [-0.2, -0.15) is 5.10 Å². The number of aromatic nitrogens is 2. The van der Waals surface area contributed by atoms with Gasteiger partial charge in [-0.3, -0.25) is 4.68 Å². The highest BCUT2D eigenvalue weighted by Crippen LogP contribution is 2.30. The first-order valence-electron chi connectivity index (χ1n) is 6.65. The summed E-state index contributed by atoms with van der Waals surface area (Å²) in [6, 6.07) is 7.87. The van der Waals surface area contributed by atoms with E-state index in [1.165, 1.54) is 5.56 Å². The fourth-order valence-corrected chi connectivity index (χ4v) is 2.52. The van der Waals surface area contributed by atoms with Crippen molar-refractivity contribution < 1.29 is 9.84 Å². The van der Waals surface area contributed by atoms with Crippen LogP contribution in [0.5, 0.6) is 5.75 Å². The predicted octanol–water partition coefficient (Wildman–Crippen LogP) is 2.00. The summed E-state index contributed by atoms with van der Waals surface area (Å²) >= 11 is 0. The highest BCUT2D eigenvalue weighted by molar-refractivity contribution is 5.42. The molecular formula is C15H18N2O2. The quantitative estimate of drug-likeness (QED) is 0.916. The SMILES string of the molecule is CCc1cc(C(O)c2ccc3c(c2)CCO3)n(C)n1. The zero-order valence-electron chi connectivity index (χ0n) is 11.3. The van der Waals surface area contributed by atoms with Crippen LogP contribution in [0, 0.1) is 0 Å². The summed E-state index contributed by atoms with van der Waals surface area (Å²) in [5, 5.41) is 14.9. The van der Waals surface area contributed by atoms with E-state index in [-0.39, 0.29) is 0 Å². The van der Waals surface area contributed by atoms with Crippen LogP contribution < -0.4 is 4.74 Å². The van der Waals surface area contributed by atoms with E-state index < -0.39 is 6.10 Å². The van der Waals surface area contributed by atoms with Crippen molar-refractivity contribution in [1.29, 1.82) is 0 Å². The number of aliphatic hydroxyl groups is 1. The molecule has 19 heavy (non-hydrogen) atoms. The predicted molar refractivity (Wildman–Crippen MR) is 72.3 cm³/mol. The normalized spacial score (nSPS) is 15.1. The van der Waals surface area contributed by atoms with Crippen molar-refractivity contribution in [2.24, 2.45) is 7.05 Å². The molecule has 0 saturated carbocycles. The number of rotatable bonds is 3. The Balaban J connectivity index is 1.94. The number of hydrogen-bond donors (Lipinski definition) is 1. The van der Waals surface area contributed by atoms with Gasteiger partial charge in [0, 0.05) is 13.5 Å². The molecule has 1 unspecified atom stereocenters. The lowest BCUT2D eigenvalue weighted by Gasteiger charge is -2.12. The average molecular weight is 258 g/mol. The molecule has 1 aliphatic rings. The van der Waals surface area contributed by atoms with Gasteiger partial charge in [0.1, 0.15) is 11.9 Å². The van der Waals surface area contributed by atoms with Crippen LogP contribution in [0.4, 0.5) is 0 Å². The first-order valence-corrected chi connectivity index (χ1v) is 6.65. The van der Waals surface area contributed by atoms with Gasteiger partial charge in [-0.15, -0.1) is 0 Å². The van der Waals surface area contributed by atoms with Crippen LogP contribution >= 0.6 is 0 Å². The first-order chi connectivity index (χ1) is 9.19. The molecule has 4 heteroatoms. The third kappa shape index (κ3) is 2.12. The van der Waals surface area contributed by atoms with E-state index in [4.69, 9.17) is 4.74 Å². The van der Waals surface area contributed by atoms with Gasteiger partial charge >= 0.3 is 0 Å². The van der Waals surface area contributed by atoms with E-state index in [0.29, 0.717) is 0 Å². The molecule has 4 nitrogen and oxygen atoms in total. The third-order valence-corrected chi connectivity index (χ3v) is 3.64. The van der Waals surface area contributed by atoms with E-state index in [9.17, 15) is 5.11 Å². The Hall–Kier alpha value is -1.81. The molecule has 100 valence electrons. The maximum atomic E-state index is 10.5. The number of nitrogens with zero attached hydrogens (tertiary/aromatic N) is 2. The Labute approximate surface area is 112 Å². The molecule has 1 aliphatic heterocycles. The number of ether oxygens (including phenoxy) is 1. The summed E-state index contributed by atoms with van der Waals surface area (Å²) in [6.07, 6.45) is 1.16. The third-order valence-electron chi connectivity index (χ3n) is 3.64. The van der Waals surface area contributed by atoms with Crippen LogP contribution in [0.3, 0.4) is 0 Å². The number of aliphatic hydroxyl groups excluding tert-OH is 1. The summed E-state index contributed by atoms with van der Waals surface area (Å²) in [6.45, 7) is 2.80. The molecule has 0 bridgehead atoms. The summed E-state index contributed by atoms with van der Waals surface area (Å²) in [7, 11) is 1.87. The molecule has 1 aromatic carbocycles. The Kier molecular flexibility index (Phi) is 3.03. The molecule has 0 aliphatic carbocycles. The van der Waals surface area contributed by atoms with Crippen LogP contribution in [-0.4, -0.2) is 21.5 Å². The van der Waals surface area contributed by atoms with Crippen LogP contribution in [0.15, 0.2) is 24.3 Å². The second-order valence-corrected chi connectivity index (χ2v) is 4.91. The van der Waals surface area contributed by atoms with Gasteiger partial charge in [-0.25, -0.2) is 0 Å². The van der Waals surface area contributed by atoms with Gasteiger partial charge in [-0.1, -0.05) is 13.0 Å². The molecule has 2 aromatic rings. The fourth-order valence-electron chi connectivity index (χ4n) is 2.52. The Morgan fingerprint density at radius 3 is 3.00 bits per heavy atom. The van der Waals surface area contributed by atoms with Gasteiger partial charge in [0.25, 0.3) is 0 Å². The zero-order chi connectivity index (χ0) is 13.4. The van der Waals surface area contributed by atoms with Crippen molar-refractivity contribution in [2.45, 2.75) is 25.9 Å². The van der Waals surface area contributed by atoms with Gasteiger partial charge in [-0.05, 0) is 35.7 Å². The monoisotopic (exact) mass is 258 g/mol. The first kappa shape index (κ1) is 12.2. The minimum Gasteiger partial charge on any atom is -0.493 e. The van der Waals surface area contributed by atoms with E-state index in [2.05, 4.69) is 12.0 Å². The van der Waals surface area contributed by atoms with Crippen molar-refractivity contribution in [3.63, 3.8) is 0 Å². The molecule has 2 heterocycles. The van der Waals surface area contributed by atoms with Gasteiger partial charge in [0.2, 0.25) is 0 Å². The number of aryl methyl sites for hydroxylation is 2. The molecule has 1 aromatic heterocycles. The van der Waals surface area contributed by atoms with Gasteiger partial charge < -0.3 is 9.84 Å². The summed E-state index contributed by atoms with van der Waals surface area (Å²) in [4.78, 5) is 0. The Morgan fingerprint density at radius 2 is 2.26 bits per heavy atom. The van der Waals surface area contributed by atoms with Crippen molar-refractivity contribution in [2.75, 3.05) is 6.61 Å². The van der Waals surface area contributed by atoms with Crippen molar-refractivity contribution in [1.82, 2.24) is 9.78 Å². The minimum absolute atomic E-state index is 0.635. The molecule has 0 fully saturated rings. The smallest absolute Gasteiger partial charge is 0.122 e. The summed E-state index contributed by atoms with van der Waals surface area (Å²) < 4.78 is 7.24. The summed E-state index contributed by atoms with van der Waals surface area (Å²) in [5.74, 6) is 0.940. The lowest BCUT2D eigenvalue weighted by atomic mass is 10.0. The van der Waals surface area contributed by atoms with E-state index in [1.54, 1.807) is 4.68 Å². The van der Waals surface area contributed by atoms with E-state index in [1.807, 2.05) is 31.3 Å². The Morgan fingerprint density at radius 1 is 1.42 bits per heavy atom. The highest BCUT2D eigenvalue weighted by Gasteiger charge is 2.19. The van der Waals surface area contributed by atoms with Crippen LogP contribution in [0.1, 0.15) is 35.5 Å². The Bertz CT molecular complexity index is 604. The average Bonchev–Trinajstić information content (AvgIpc) is 3.02.